The maximum absolute atomic E-state index is 11.8. The van der Waals surface area contributed by atoms with Crippen LogP contribution < -0.4 is 5.32 Å². The molecule has 0 aliphatic heterocycles. The summed E-state index contributed by atoms with van der Waals surface area (Å²) in [5.41, 5.74) is -0.000609. The van der Waals surface area contributed by atoms with E-state index in [1.54, 1.807) is 0 Å². The monoisotopic (exact) mass is 267 g/mol. The highest BCUT2D eigenvalue weighted by molar-refractivity contribution is 5.90. The third kappa shape index (κ3) is 3.35. The molecule has 1 fully saturated rings. The first-order valence-corrected chi connectivity index (χ1v) is 6.35. The number of aliphatic hydroxyl groups excluding tert-OH is 1. The van der Waals surface area contributed by atoms with Crippen molar-refractivity contribution in [1.29, 1.82) is 0 Å². The van der Waals surface area contributed by atoms with E-state index in [4.69, 9.17) is 9.52 Å². The number of carboxylic acids is 1. The smallest absolute Gasteiger partial charge is 0.339 e. The van der Waals surface area contributed by atoms with Crippen molar-refractivity contribution in [3.05, 3.63) is 23.7 Å². The number of carboxylic acid groups (broad SMARTS) is 1. The minimum absolute atomic E-state index is 0.000609. The third-order valence-electron chi connectivity index (χ3n) is 3.37. The molecule has 6 nitrogen and oxygen atoms in total. The second-order valence-corrected chi connectivity index (χ2v) is 4.77. The van der Waals surface area contributed by atoms with Gasteiger partial charge in [-0.2, -0.15) is 0 Å². The molecule has 1 aromatic rings. The molecule has 0 bridgehead atoms. The van der Waals surface area contributed by atoms with Gasteiger partial charge in [0.15, 0.2) is 0 Å². The molecule has 1 amide bonds. The van der Waals surface area contributed by atoms with Gasteiger partial charge in [-0.1, -0.05) is 12.8 Å². The van der Waals surface area contributed by atoms with Gasteiger partial charge in [0.2, 0.25) is 5.91 Å². The summed E-state index contributed by atoms with van der Waals surface area (Å²) >= 11 is 0. The summed E-state index contributed by atoms with van der Waals surface area (Å²) in [6.07, 6.45) is 3.98. The summed E-state index contributed by atoms with van der Waals surface area (Å²) in [5.74, 6) is -1.31. The van der Waals surface area contributed by atoms with E-state index in [0.717, 1.165) is 19.3 Å². The van der Waals surface area contributed by atoms with Crippen LogP contribution in [0.5, 0.6) is 0 Å². The highest BCUT2D eigenvalue weighted by atomic mass is 16.4. The van der Waals surface area contributed by atoms with Crippen LogP contribution in [0.2, 0.25) is 0 Å². The van der Waals surface area contributed by atoms with Crippen molar-refractivity contribution in [1.82, 2.24) is 5.32 Å². The lowest BCUT2D eigenvalue weighted by Crippen LogP contribution is -2.45. The van der Waals surface area contributed by atoms with E-state index in [2.05, 4.69) is 5.32 Å². The second-order valence-electron chi connectivity index (χ2n) is 4.77. The van der Waals surface area contributed by atoms with Crippen LogP contribution in [0.4, 0.5) is 0 Å². The Labute approximate surface area is 110 Å². The molecule has 2 rings (SSSR count). The summed E-state index contributed by atoms with van der Waals surface area (Å²) in [5, 5.41) is 21.4. The summed E-state index contributed by atoms with van der Waals surface area (Å²) in [4.78, 5) is 22.7. The zero-order valence-electron chi connectivity index (χ0n) is 10.5. The van der Waals surface area contributed by atoms with Crippen molar-refractivity contribution < 1.29 is 24.2 Å². The van der Waals surface area contributed by atoms with Gasteiger partial charge in [0.05, 0.1) is 24.8 Å². The van der Waals surface area contributed by atoms with E-state index in [9.17, 15) is 14.7 Å². The SMILES string of the molecule is O=C(Cc1occc1C(=O)O)NC1CCCCC1O. The number of furan rings is 1. The number of aromatic carboxylic acids is 1. The van der Waals surface area contributed by atoms with Crippen molar-refractivity contribution in [2.75, 3.05) is 0 Å². The molecule has 19 heavy (non-hydrogen) atoms. The molecule has 2 atom stereocenters. The Kier molecular flexibility index (Phi) is 4.21. The Morgan fingerprint density at radius 3 is 2.79 bits per heavy atom. The topological polar surface area (TPSA) is 99.8 Å². The van der Waals surface area contributed by atoms with E-state index < -0.39 is 12.1 Å². The number of rotatable bonds is 4. The minimum atomic E-state index is -1.12. The predicted octanol–water partition coefficient (Wildman–Crippen LogP) is 0.940. The molecule has 1 saturated carbocycles. The van der Waals surface area contributed by atoms with E-state index >= 15 is 0 Å². The number of hydrogen-bond donors (Lipinski definition) is 3. The maximum atomic E-state index is 11.8. The van der Waals surface area contributed by atoms with E-state index in [1.807, 2.05) is 0 Å². The fraction of sp³-hybridized carbons (Fsp3) is 0.538. The van der Waals surface area contributed by atoms with Gasteiger partial charge < -0.3 is 19.9 Å². The van der Waals surface area contributed by atoms with Crippen molar-refractivity contribution in [3.8, 4) is 0 Å². The number of amides is 1. The standard InChI is InChI=1S/C13H17NO5/c15-10-4-2-1-3-9(10)14-12(16)7-11-8(13(17)18)5-6-19-11/h5-6,9-10,15H,1-4,7H2,(H,14,16)(H,17,18). The minimum Gasteiger partial charge on any atom is -0.478 e. The van der Waals surface area contributed by atoms with Gasteiger partial charge >= 0.3 is 5.97 Å². The molecule has 104 valence electrons. The first-order chi connectivity index (χ1) is 9.08. The van der Waals surface area contributed by atoms with Crippen LogP contribution in [-0.2, 0) is 11.2 Å². The number of hydrogen-bond acceptors (Lipinski definition) is 4. The first-order valence-electron chi connectivity index (χ1n) is 6.35. The average molecular weight is 267 g/mol. The highest BCUT2D eigenvalue weighted by Crippen LogP contribution is 2.18. The van der Waals surface area contributed by atoms with Gasteiger partial charge in [-0.05, 0) is 18.9 Å². The summed E-state index contributed by atoms with van der Waals surface area (Å²) in [6, 6.07) is 1.07. The zero-order valence-corrected chi connectivity index (χ0v) is 10.5. The quantitative estimate of drug-likeness (QED) is 0.754. The van der Waals surface area contributed by atoms with Crippen LogP contribution in [0, 0.1) is 0 Å². The van der Waals surface area contributed by atoms with Gasteiger partial charge in [-0.3, -0.25) is 4.79 Å². The average Bonchev–Trinajstić information content (AvgIpc) is 2.80. The molecule has 1 heterocycles. The van der Waals surface area contributed by atoms with Crippen LogP contribution in [0.25, 0.3) is 0 Å². The molecule has 0 radical (unpaired) electrons. The molecular formula is C13H17NO5. The second kappa shape index (κ2) is 5.88. The highest BCUT2D eigenvalue weighted by Gasteiger charge is 2.25. The van der Waals surface area contributed by atoms with Crippen LogP contribution in [0.1, 0.15) is 41.8 Å². The zero-order chi connectivity index (χ0) is 13.8. The van der Waals surface area contributed by atoms with Gasteiger partial charge in [-0.25, -0.2) is 4.79 Å². The molecule has 3 N–H and O–H groups in total. The van der Waals surface area contributed by atoms with Crippen molar-refractivity contribution in [2.45, 2.75) is 44.2 Å². The Bertz CT molecular complexity index is 467. The van der Waals surface area contributed by atoms with Crippen molar-refractivity contribution in [2.24, 2.45) is 0 Å². The Balaban J connectivity index is 1.93. The molecule has 1 aliphatic rings. The number of nitrogens with one attached hydrogen (secondary N) is 1. The molecule has 0 saturated heterocycles. The summed E-state index contributed by atoms with van der Waals surface area (Å²) < 4.78 is 5.01. The Morgan fingerprint density at radius 1 is 1.37 bits per heavy atom. The lowest BCUT2D eigenvalue weighted by molar-refractivity contribution is -0.122. The van der Waals surface area contributed by atoms with Gasteiger partial charge in [0, 0.05) is 0 Å². The van der Waals surface area contributed by atoms with Crippen molar-refractivity contribution in [3.63, 3.8) is 0 Å². The van der Waals surface area contributed by atoms with Crippen LogP contribution in [0.15, 0.2) is 16.7 Å². The third-order valence-corrected chi connectivity index (χ3v) is 3.37. The summed E-state index contributed by atoms with van der Waals surface area (Å²) in [6.45, 7) is 0. The van der Waals surface area contributed by atoms with Gasteiger partial charge in [0.25, 0.3) is 0 Å². The fourth-order valence-electron chi connectivity index (χ4n) is 2.35. The number of carbonyl (C=O) groups excluding carboxylic acids is 1. The molecule has 1 aliphatic carbocycles. The Hall–Kier alpha value is -1.82. The van der Waals surface area contributed by atoms with Crippen LogP contribution in [0.3, 0.4) is 0 Å². The summed E-state index contributed by atoms with van der Waals surface area (Å²) in [7, 11) is 0. The number of carbonyl (C=O) groups is 2. The molecule has 2 unspecified atom stereocenters. The molecule has 0 aromatic carbocycles. The van der Waals surface area contributed by atoms with Gasteiger partial charge in [-0.15, -0.1) is 0 Å². The molecular weight excluding hydrogens is 250 g/mol. The maximum Gasteiger partial charge on any atom is 0.339 e. The lowest BCUT2D eigenvalue weighted by atomic mass is 9.92. The molecule has 6 heteroatoms. The van der Waals surface area contributed by atoms with E-state index in [0.29, 0.717) is 6.42 Å². The molecule has 0 spiro atoms. The largest absolute Gasteiger partial charge is 0.478 e. The van der Waals surface area contributed by atoms with Gasteiger partial charge in [0.1, 0.15) is 11.3 Å². The Morgan fingerprint density at radius 2 is 2.11 bits per heavy atom. The van der Waals surface area contributed by atoms with Crippen LogP contribution in [-0.4, -0.2) is 34.2 Å². The first kappa shape index (κ1) is 13.6. The predicted molar refractivity (Wildman–Crippen MR) is 65.8 cm³/mol. The van der Waals surface area contributed by atoms with E-state index in [1.165, 1.54) is 12.3 Å². The number of aliphatic hydroxyl groups is 1. The fourth-order valence-corrected chi connectivity index (χ4v) is 2.35. The van der Waals surface area contributed by atoms with Crippen LogP contribution >= 0.6 is 0 Å². The van der Waals surface area contributed by atoms with Crippen molar-refractivity contribution >= 4 is 11.9 Å². The molecule has 1 aromatic heterocycles. The lowest BCUT2D eigenvalue weighted by Gasteiger charge is -2.28. The van der Waals surface area contributed by atoms with E-state index in [-0.39, 0.29) is 29.7 Å². The normalized spacial score (nSPS) is 23.0.